The lowest BCUT2D eigenvalue weighted by Gasteiger charge is -1.93. The summed E-state index contributed by atoms with van der Waals surface area (Å²) >= 11 is 1.13. The SMILES string of the molecule is Cc1nnsc1C(=O)Cc1ccco1. The molecule has 0 atom stereocenters. The zero-order chi connectivity index (χ0) is 9.97. The number of furan rings is 1. The highest BCUT2D eigenvalue weighted by atomic mass is 32.1. The van der Waals surface area contributed by atoms with Crippen LogP contribution in [0.5, 0.6) is 0 Å². The van der Waals surface area contributed by atoms with Gasteiger partial charge in [-0.1, -0.05) is 4.49 Å². The second-order valence-electron chi connectivity index (χ2n) is 2.87. The summed E-state index contributed by atoms with van der Waals surface area (Å²) in [7, 11) is 0. The van der Waals surface area contributed by atoms with Crippen molar-refractivity contribution in [3.05, 3.63) is 34.7 Å². The van der Waals surface area contributed by atoms with Crippen molar-refractivity contribution in [1.82, 2.24) is 9.59 Å². The number of aromatic nitrogens is 2. The topological polar surface area (TPSA) is 56.0 Å². The summed E-state index contributed by atoms with van der Waals surface area (Å²) in [5.41, 5.74) is 0.687. The van der Waals surface area contributed by atoms with Gasteiger partial charge in [-0.2, -0.15) is 0 Å². The molecule has 0 saturated carbocycles. The summed E-state index contributed by atoms with van der Waals surface area (Å²) < 4.78 is 8.80. The molecule has 2 rings (SSSR count). The number of hydrogen-bond acceptors (Lipinski definition) is 5. The fourth-order valence-corrected chi connectivity index (χ4v) is 1.73. The fourth-order valence-electron chi connectivity index (χ4n) is 1.14. The zero-order valence-corrected chi connectivity index (χ0v) is 8.37. The van der Waals surface area contributed by atoms with Crippen molar-refractivity contribution in [1.29, 1.82) is 0 Å². The van der Waals surface area contributed by atoms with Crippen molar-refractivity contribution >= 4 is 17.3 Å². The van der Waals surface area contributed by atoms with Crippen LogP contribution in [0.4, 0.5) is 0 Å². The van der Waals surface area contributed by atoms with Gasteiger partial charge in [0.05, 0.1) is 18.4 Å². The molecule has 0 N–H and O–H groups in total. The minimum atomic E-state index is 0.00690. The molecule has 0 fully saturated rings. The molecule has 0 aliphatic rings. The molecule has 14 heavy (non-hydrogen) atoms. The largest absolute Gasteiger partial charge is 0.469 e. The fraction of sp³-hybridized carbons (Fsp3) is 0.222. The van der Waals surface area contributed by atoms with Gasteiger partial charge in [-0.3, -0.25) is 4.79 Å². The Labute approximate surface area is 84.7 Å². The molecule has 4 nitrogen and oxygen atoms in total. The van der Waals surface area contributed by atoms with Gasteiger partial charge < -0.3 is 4.42 Å². The molecule has 5 heteroatoms. The van der Waals surface area contributed by atoms with E-state index in [-0.39, 0.29) is 12.2 Å². The molecule has 0 aromatic carbocycles. The summed E-state index contributed by atoms with van der Waals surface area (Å²) in [4.78, 5) is 12.3. The maximum absolute atomic E-state index is 11.7. The normalized spacial score (nSPS) is 10.4. The molecule has 0 amide bonds. The molecular weight excluding hydrogens is 200 g/mol. The molecule has 2 aromatic heterocycles. The maximum Gasteiger partial charge on any atom is 0.183 e. The van der Waals surface area contributed by atoms with E-state index in [1.807, 2.05) is 0 Å². The van der Waals surface area contributed by atoms with Crippen LogP contribution < -0.4 is 0 Å². The van der Waals surface area contributed by atoms with E-state index < -0.39 is 0 Å². The van der Waals surface area contributed by atoms with Gasteiger partial charge in [0, 0.05) is 0 Å². The van der Waals surface area contributed by atoms with Gasteiger partial charge in [0.15, 0.2) is 5.78 Å². The Balaban J connectivity index is 2.14. The van der Waals surface area contributed by atoms with Gasteiger partial charge in [0.2, 0.25) is 0 Å². The number of carbonyl (C=O) groups excluding carboxylic acids is 1. The van der Waals surface area contributed by atoms with Crippen LogP contribution in [0.15, 0.2) is 22.8 Å². The molecule has 0 saturated heterocycles. The Hall–Kier alpha value is -1.49. The first-order valence-electron chi connectivity index (χ1n) is 4.12. The lowest BCUT2D eigenvalue weighted by atomic mass is 10.2. The van der Waals surface area contributed by atoms with Gasteiger partial charge in [-0.15, -0.1) is 5.10 Å². The molecule has 0 spiro atoms. The third-order valence-corrected chi connectivity index (χ3v) is 2.69. The standard InChI is InChI=1S/C9H8N2O2S/c1-6-9(14-11-10-6)8(12)5-7-3-2-4-13-7/h2-4H,5H2,1H3. The molecule has 72 valence electrons. The van der Waals surface area contributed by atoms with E-state index in [4.69, 9.17) is 4.42 Å². The quantitative estimate of drug-likeness (QED) is 0.722. The van der Waals surface area contributed by atoms with E-state index in [9.17, 15) is 4.79 Å². The first-order valence-corrected chi connectivity index (χ1v) is 4.89. The van der Waals surface area contributed by atoms with Crippen LogP contribution in [-0.4, -0.2) is 15.4 Å². The molecule has 2 aromatic rings. The zero-order valence-electron chi connectivity index (χ0n) is 7.56. The van der Waals surface area contributed by atoms with Crippen molar-refractivity contribution < 1.29 is 9.21 Å². The number of ketones is 1. The van der Waals surface area contributed by atoms with Crippen molar-refractivity contribution in [3.8, 4) is 0 Å². The van der Waals surface area contributed by atoms with Gasteiger partial charge in [-0.05, 0) is 30.6 Å². The highest BCUT2D eigenvalue weighted by Gasteiger charge is 2.14. The van der Waals surface area contributed by atoms with Crippen LogP contribution in [0.25, 0.3) is 0 Å². The minimum Gasteiger partial charge on any atom is -0.469 e. The average molecular weight is 208 g/mol. The molecule has 0 aliphatic heterocycles. The van der Waals surface area contributed by atoms with Crippen LogP contribution in [0.3, 0.4) is 0 Å². The molecule has 0 radical (unpaired) electrons. The molecule has 0 bridgehead atoms. The summed E-state index contributed by atoms with van der Waals surface area (Å²) in [6.45, 7) is 1.78. The lowest BCUT2D eigenvalue weighted by Crippen LogP contribution is -2.02. The van der Waals surface area contributed by atoms with Crippen molar-refractivity contribution in [2.75, 3.05) is 0 Å². The number of rotatable bonds is 3. The Bertz CT molecular complexity index is 433. The van der Waals surface area contributed by atoms with Crippen LogP contribution >= 0.6 is 11.5 Å². The molecule has 0 unspecified atom stereocenters. The lowest BCUT2D eigenvalue weighted by molar-refractivity contribution is 0.0990. The Morgan fingerprint density at radius 1 is 1.64 bits per heavy atom. The Morgan fingerprint density at radius 3 is 3.07 bits per heavy atom. The van der Waals surface area contributed by atoms with Gasteiger partial charge in [-0.25, -0.2) is 0 Å². The monoisotopic (exact) mass is 208 g/mol. The van der Waals surface area contributed by atoms with Crippen molar-refractivity contribution in [2.24, 2.45) is 0 Å². The van der Waals surface area contributed by atoms with E-state index in [0.717, 1.165) is 11.5 Å². The molecule has 2 heterocycles. The first-order chi connectivity index (χ1) is 6.77. The third kappa shape index (κ3) is 1.72. The Morgan fingerprint density at radius 2 is 2.50 bits per heavy atom. The van der Waals surface area contributed by atoms with E-state index in [0.29, 0.717) is 16.3 Å². The minimum absolute atomic E-state index is 0.00690. The van der Waals surface area contributed by atoms with Gasteiger partial charge >= 0.3 is 0 Å². The number of hydrogen-bond donors (Lipinski definition) is 0. The second kappa shape index (κ2) is 3.71. The summed E-state index contributed by atoms with van der Waals surface area (Å²) in [6, 6.07) is 3.54. The molecule has 0 aliphatic carbocycles. The maximum atomic E-state index is 11.7. The first kappa shape index (κ1) is 9.08. The smallest absolute Gasteiger partial charge is 0.183 e. The summed E-state index contributed by atoms with van der Waals surface area (Å²) in [5, 5.41) is 3.78. The van der Waals surface area contributed by atoms with Crippen molar-refractivity contribution in [2.45, 2.75) is 13.3 Å². The Kier molecular flexibility index (Phi) is 2.41. The highest BCUT2D eigenvalue weighted by Crippen LogP contribution is 2.13. The van der Waals surface area contributed by atoms with Crippen LogP contribution in [0.1, 0.15) is 21.1 Å². The summed E-state index contributed by atoms with van der Waals surface area (Å²) in [5.74, 6) is 0.676. The number of nitrogens with zero attached hydrogens (tertiary/aromatic N) is 2. The van der Waals surface area contributed by atoms with E-state index in [1.54, 1.807) is 25.3 Å². The summed E-state index contributed by atoms with van der Waals surface area (Å²) in [6.07, 6.45) is 1.83. The van der Waals surface area contributed by atoms with E-state index in [1.165, 1.54) is 0 Å². The predicted molar refractivity (Wildman–Crippen MR) is 51.4 cm³/mol. The molecular formula is C9H8N2O2S. The third-order valence-electron chi connectivity index (χ3n) is 1.82. The van der Waals surface area contributed by atoms with E-state index >= 15 is 0 Å². The van der Waals surface area contributed by atoms with Crippen LogP contribution in [0, 0.1) is 6.92 Å². The van der Waals surface area contributed by atoms with Crippen molar-refractivity contribution in [3.63, 3.8) is 0 Å². The van der Waals surface area contributed by atoms with E-state index in [2.05, 4.69) is 9.59 Å². The highest BCUT2D eigenvalue weighted by molar-refractivity contribution is 7.08. The van der Waals surface area contributed by atoms with Crippen LogP contribution in [-0.2, 0) is 6.42 Å². The second-order valence-corrected chi connectivity index (χ2v) is 3.62. The van der Waals surface area contributed by atoms with Crippen LogP contribution in [0.2, 0.25) is 0 Å². The number of carbonyl (C=O) groups is 1. The number of aryl methyl sites for hydroxylation is 1. The van der Waals surface area contributed by atoms with Gasteiger partial charge in [0.1, 0.15) is 10.6 Å². The average Bonchev–Trinajstić information content (AvgIpc) is 2.75. The number of Topliss-reactive ketones (excluding diaryl/α,β-unsaturated/α-hetero) is 1. The van der Waals surface area contributed by atoms with Gasteiger partial charge in [0.25, 0.3) is 0 Å². The predicted octanol–water partition coefficient (Wildman–Crippen LogP) is 1.86.